The normalized spacial score (nSPS) is 14.6. The van der Waals surface area contributed by atoms with Crippen LogP contribution in [0.5, 0.6) is 5.75 Å². The Balaban J connectivity index is 1.65. The van der Waals surface area contributed by atoms with Crippen molar-refractivity contribution >= 4 is 11.6 Å². The number of benzene rings is 1. The summed E-state index contributed by atoms with van der Waals surface area (Å²) in [7, 11) is 1.64. The van der Waals surface area contributed by atoms with Crippen LogP contribution in [0.4, 0.5) is 5.69 Å². The third kappa shape index (κ3) is 3.24. The van der Waals surface area contributed by atoms with Crippen LogP contribution in [0, 0.1) is 6.92 Å². The molecule has 0 radical (unpaired) electrons. The Morgan fingerprint density at radius 1 is 1.17 bits per heavy atom. The highest BCUT2D eigenvalue weighted by Gasteiger charge is 2.24. The fraction of sp³-hybridized carbons (Fsp3) is 0.353. The Labute approximate surface area is 139 Å². The Morgan fingerprint density at radius 3 is 2.42 bits per heavy atom. The second-order valence-electron chi connectivity index (χ2n) is 5.69. The minimum absolute atomic E-state index is 0.0958. The lowest BCUT2D eigenvalue weighted by atomic mass is 10.2. The van der Waals surface area contributed by atoms with E-state index < -0.39 is 0 Å². The van der Waals surface area contributed by atoms with E-state index >= 15 is 0 Å². The van der Waals surface area contributed by atoms with Gasteiger partial charge in [-0.3, -0.25) is 9.59 Å². The van der Waals surface area contributed by atoms with E-state index in [4.69, 9.17) is 4.74 Å². The number of carbonyl (C=O) groups excluding carboxylic acids is 1. The van der Waals surface area contributed by atoms with Crippen molar-refractivity contribution in [2.45, 2.75) is 6.92 Å². The van der Waals surface area contributed by atoms with Crippen LogP contribution >= 0.6 is 0 Å². The molecular formula is C17H20N4O3. The number of nitrogens with zero attached hydrogens (tertiary/aromatic N) is 3. The van der Waals surface area contributed by atoms with E-state index in [2.05, 4.69) is 14.9 Å². The van der Waals surface area contributed by atoms with Crippen molar-refractivity contribution in [1.29, 1.82) is 0 Å². The van der Waals surface area contributed by atoms with Crippen LogP contribution in [0.2, 0.25) is 0 Å². The molecule has 3 rings (SSSR count). The first kappa shape index (κ1) is 16.0. The fourth-order valence-electron chi connectivity index (χ4n) is 2.77. The maximum atomic E-state index is 12.5. The number of amides is 1. The average Bonchev–Trinajstić information content (AvgIpc) is 2.61. The number of rotatable bonds is 3. The van der Waals surface area contributed by atoms with Crippen molar-refractivity contribution in [2.24, 2.45) is 0 Å². The number of methoxy groups -OCH3 is 1. The summed E-state index contributed by atoms with van der Waals surface area (Å²) in [6.07, 6.45) is 1.35. The molecule has 1 aliphatic rings. The SMILES string of the molecule is COc1ccc(N2CCN(C(=O)c3cnc(C)[nH]c3=O)CC2)cc1. The van der Waals surface area contributed by atoms with Gasteiger partial charge >= 0.3 is 0 Å². The molecule has 1 aromatic heterocycles. The molecule has 7 heteroatoms. The van der Waals surface area contributed by atoms with Gasteiger partial charge in [0.15, 0.2) is 0 Å². The average molecular weight is 328 g/mol. The van der Waals surface area contributed by atoms with Crippen LogP contribution in [-0.2, 0) is 0 Å². The molecule has 1 saturated heterocycles. The molecule has 0 aliphatic carbocycles. The highest BCUT2D eigenvalue weighted by molar-refractivity contribution is 5.93. The lowest BCUT2D eigenvalue weighted by Gasteiger charge is -2.36. The topological polar surface area (TPSA) is 78.5 Å². The molecule has 0 spiro atoms. The van der Waals surface area contributed by atoms with Crippen LogP contribution in [0.3, 0.4) is 0 Å². The maximum Gasteiger partial charge on any atom is 0.263 e. The van der Waals surface area contributed by atoms with Crippen LogP contribution < -0.4 is 15.2 Å². The predicted molar refractivity (Wildman–Crippen MR) is 90.7 cm³/mol. The zero-order valence-corrected chi connectivity index (χ0v) is 13.8. The first-order valence-electron chi connectivity index (χ1n) is 7.82. The Kier molecular flexibility index (Phi) is 4.50. The highest BCUT2D eigenvalue weighted by atomic mass is 16.5. The van der Waals surface area contributed by atoms with Crippen molar-refractivity contribution in [2.75, 3.05) is 38.2 Å². The smallest absolute Gasteiger partial charge is 0.263 e. The van der Waals surface area contributed by atoms with Gasteiger partial charge in [-0.15, -0.1) is 0 Å². The minimum Gasteiger partial charge on any atom is -0.497 e. The van der Waals surface area contributed by atoms with Crippen LogP contribution in [0.1, 0.15) is 16.2 Å². The molecule has 0 unspecified atom stereocenters. The van der Waals surface area contributed by atoms with E-state index in [1.165, 1.54) is 6.20 Å². The number of hydrogen-bond donors (Lipinski definition) is 1. The quantitative estimate of drug-likeness (QED) is 0.911. The summed E-state index contributed by atoms with van der Waals surface area (Å²) in [4.78, 5) is 34.9. The standard InChI is InChI=1S/C17H20N4O3/c1-12-18-11-15(16(22)19-12)17(23)21-9-7-20(8-10-21)13-3-5-14(24-2)6-4-13/h3-6,11H,7-10H2,1-2H3,(H,18,19,22). The number of nitrogens with one attached hydrogen (secondary N) is 1. The molecular weight excluding hydrogens is 308 g/mol. The summed E-state index contributed by atoms with van der Waals surface area (Å²) < 4.78 is 5.16. The zero-order valence-electron chi connectivity index (χ0n) is 13.8. The second kappa shape index (κ2) is 6.74. The van der Waals surface area contributed by atoms with E-state index in [1.54, 1.807) is 18.9 Å². The summed E-state index contributed by atoms with van der Waals surface area (Å²) in [6, 6.07) is 7.85. The number of hydrogen-bond acceptors (Lipinski definition) is 5. The van der Waals surface area contributed by atoms with Gasteiger partial charge in [0.1, 0.15) is 17.1 Å². The molecule has 1 aromatic carbocycles. The molecule has 1 amide bonds. The van der Waals surface area contributed by atoms with Crippen molar-refractivity contribution in [3.63, 3.8) is 0 Å². The summed E-state index contributed by atoms with van der Waals surface area (Å²) in [5.74, 6) is 1.05. The van der Waals surface area contributed by atoms with Crippen molar-refractivity contribution in [1.82, 2.24) is 14.9 Å². The van der Waals surface area contributed by atoms with Crippen molar-refractivity contribution in [3.05, 3.63) is 52.2 Å². The number of aromatic nitrogens is 2. The lowest BCUT2D eigenvalue weighted by molar-refractivity contribution is 0.0744. The fourth-order valence-corrected chi connectivity index (χ4v) is 2.77. The van der Waals surface area contributed by atoms with Crippen molar-refractivity contribution < 1.29 is 9.53 Å². The molecule has 1 aliphatic heterocycles. The third-order valence-corrected chi connectivity index (χ3v) is 4.16. The third-order valence-electron chi connectivity index (χ3n) is 4.16. The molecule has 2 heterocycles. The lowest BCUT2D eigenvalue weighted by Crippen LogP contribution is -2.49. The van der Waals surface area contributed by atoms with Gasteiger partial charge in [0.05, 0.1) is 7.11 Å². The molecule has 0 bridgehead atoms. The van der Waals surface area contributed by atoms with Gasteiger partial charge < -0.3 is 19.5 Å². The highest BCUT2D eigenvalue weighted by Crippen LogP contribution is 2.20. The number of anilines is 1. The van der Waals surface area contributed by atoms with Crippen LogP contribution in [-0.4, -0.2) is 54.1 Å². The van der Waals surface area contributed by atoms with Crippen LogP contribution in [0.15, 0.2) is 35.3 Å². The van der Waals surface area contributed by atoms with Gasteiger partial charge in [-0.2, -0.15) is 0 Å². The summed E-state index contributed by atoms with van der Waals surface area (Å²) in [5, 5.41) is 0. The van der Waals surface area contributed by atoms with Gasteiger partial charge in [0.2, 0.25) is 0 Å². The van der Waals surface area contributed by atoms with Gasteiger partial charge in [0, 0.05) is 38.1 Å². The van der Waals surface area contributed by atoms with Gasteiger partial charge in [-0.05, 0) is 31.2 Å². The number of carbonyl (C=O) groups is 1. The summed E-state index contributed by atoms with van der Waals surface area (Å²) in [5.41, 5.74) is 0.807. The first-order chi connectivity index (χ1) is 11.6. The molecule has 126 valence electrons. The Hall–Kier alpha value is -2.83. The number of piperazine rings is 1. The van der Waals surface area contributed by atoms with Gasteiger partial charge in [0.25, 0.3) is 11.5 Å². The van der Waals surface area contributed by atoms with Crippen molar-refractivity contribution in [3.8, 4) is 5.75 Å². The Bertz CT molecular complexity index is 777. The molecule has 1 fully saturated rings. The predicted octanol–water partition coefficient (Wildman–Crippen LogP) is 1.05. The van der Waals surface area contributed by atoms with Gasteiger partial charge in [-0.1, -0.05) is 0 Å². The maximum absolute atomic E-state index is 12.5. The minimum atomic E-state index is -0.384. The number of ether oxygens (including phenoxy) is 1. The summed E-state index contributed by atoms with van der Waals surface area (Å²) >= 11 is 0. The number of H-pyrrole nitrogens is 1. The number of aryl methyl sites for hydroxylation is 1. The van der Waals surface area contributed by atoms with Gasteiger partial charge in [-0.25, -0.2) is 4.98 Å². The van der Waals surface area contributed by atoms with E-state index in [1.807, 2.05) is 24.3 Å². The zero-order chi connectivity index (χ0) is 17.1. The Morgan fingerprint density at radius 2 is 1.83 bits per heavy atom. The van der Waals surface area contributed by atoms with E-state index in [-0.39, 0.29) is 17.0 Å². The van der Waals surface area contributed by atoms with Crippen LogP contribution in [0.25, 0.3) is 0 Å². The van der Waals surface area contributed by atoms with E-state index in [0.717, 1.165) is 24.5 Å². The molecule has 0 saturated carbocycles. The molecule has 2 aromatic rings. The number of aromatic amines is 1. The van der Waals surface area contributed by atoms with E-state index in [0.29, 0.717) is 18.9 Å². The molecule has 24 heavy (non-hydrogen) atoms. The molecule has 7 nitrogen and oxygen atoms in total. The molecule has 1 N–H and O–H groups in total. The summed E-state index contributed by atoms with van der Waals surface area (Å²) in [6.45, 7) is 4.25. The van der Waals surface area contributed by atoms with E-state index in [9.17, 15) is 9.59 Å². The monoisotopic (exact) mass is 328 g/mol. The first-order valence-corrected chi connectivity index (χ1v) is 7.82. The largest absolute Gasteiger partial charge is 0.497 e. The molecule has 0 atom stereocenters. The second-order valence-corrected chi connectivity index (χ2v) is 5.69.